The van der Waals surface area contributed by atoms with Crippen LogP contribution in [0.4, 0.5) is 24.5 Å². The van der Waals surface area contributed by atoms with E-state index in [1.54, 1.807) is 12.1 Å². The van der Waals surface area contributed by atoms with E-state index in [0.717, 1.165) is 11.6 Å². The number of alkyl halides is 3. The van der Waals surface area contributed by atoms with Gasteiger partial charge in [-0.05, 0) is 24.6 Å². The number of hydrogen-bond donors (Lipinski definition) is 2. The van der Waals surface area contributed by atoms with E-state index in [-0.39, 0.29) is 16.6 Å². The molecule has 3 rings (SSSR count). The zero-order chi connectivity index (χ0) is 16.6. The van der Waals surface area contributed by atoms with Crippen molar-refractivity contribution in [2.75, 3.05) is 0 Å². The summed E-state index contributed by atoms with van der Waals surface area (Å²) in [5.41, 5.74) is 0.355. The van der Waals surface area contributed by atoms with Gasteiger partial charge < -0.3 is 10.1 Å². The molecule has 3 aromatic rings. The average molecular weight is 319 g/mol. The zero-order valence-electron chi connectivity index (χ0n) is 12.0. The van der Waals surface area contributed by atoms with Crippen molar-refractivity contribution >= 4 is 22.3 Å². The molecule has 118 valence electrons. The third kappa shape index (κ3) is 2.77. The largest absolute Gasteiger partial charge is 0.493 e. The molecule has 1 aromatic heterocycles. The van der Waals surface area contributed by atoms with Crippen molar-refractivity contribution in [1.82, 2.24) is 4.98 Å². The fourth-order valence-electron chi connectivity index (χ4n) is 2.31. The number of aryl methyl sites for hydroxylation is 1. The quantitative estimate of drug-likeness (QED) is 0.592. The van der Waals surface area contributed by atoms with Gasteiger partial charge in [-0.2, -0.15) is 18.3 Å². The monoisotopic (exact) mass is 319 g/mol. The maximum Gasteiger partial charge on any atom is 0.418 e. The molecule has 1 heterocycles. The smallest absolute Gasteiger partial charge is 0.418 e. The minimum absolute atomic E-state index is 0.0191. The van der Waals surface area contributed by atoms with Gasteiger partial charge in [0.2, 0.25) is 5.88 Å². The lowest BCUT2D eigenvalue weighted by molar-refractivity contribution is -0.136. The Hall–Kier alpha value is -2.83. The number of para-hydroxylation sites is 1. The van der Waals surface area contributed by atoms with E-state index in [9.17, 15) is 18.3 Å². The number of hydrogen-bond acceptors (Lipinski definition) is 3. The van der Waals surface area contributed by atoms with Crippen molar-refractivity contribution < 1.29 is 18.3 Å². The molecular formula is C16H12F3N3O. The fraction of sp³-hybridized carbons (Fsp3) is 0.125. The highest BCUT2D eigenvalue weighted by Crippen LogP contribution is 2.42. The molecule has 0 saturated carbocycles. The van der Waals surface area contributed by atoms with E-state index in [2.05, 4.69) is 15.2 Å². The summed E-state index contributed by atoms with van der Waals surface area (Å²) < 4.78 is 39.0. The molecule has 2 aromatic carbocycles. The normalized spacial score (nSPS) is 12.3. The Labute approximate surface area is 129 Å². The second kappa shape index (κ2) is 5.42. The summed E-state index contributed by atoms with van der Waals surface area (Å²) in [6.07, 6.45) is -4.53. The Morgan fingerprint density at radius 2 is 1.74 bits per heavy atom. The van der Waals surface area contributed by atoms with Crippen molar-refractivity contribution in [2.24, 2.45) is 10.2 Å². The summed E-state index contributed by atoms with van der Waals surface area (Å²) in [6.45, 7) is 1.84. The molecule has 0 fully saturated rings. The Morgan fingerprint density at radius 1 is 1.00 bits per heavy atom. The lowest BCUT2D eigenvalue weighted by Gasteiger charge is -2.07. The molecule has 0 bridgehead atoms. The van der Waals surface area contributed by atoms with Crippen molar-refractivity contribution in [3.05, 3.63) is 53.6 Å². The number of aromatic nitrogens is 1. The van der Waals surface area contributed by atoms with Crippen LogP contribution in [-0.2, 0) is 6.18 Å². The van der Waals surface area contributed by atoms with Crippen LogP contribution in [-0.4, -0.2) is 10.1 Å². The number of nitrogens with zero attached hydrogens (tertiary/aromatic N) is 2. The average Bonchev–Trinajstić information content (AvgIpc) is 2.81. The van der Waals surface area contributed by atoms with E-state index >= 15 is 0 Å². The Bertz CT molecular complexity index is 897. The van der Waals surface area contributed by atoms with E-state index in [4.69, 9.17) is 0 Å². The third-order valence-corrected chi connectivity index (χ3v) is 3.47. The van der Waals surface area contributed by atoms with Crippen LogP contribution >= 0.6 is 0 Å². The number of aromatic hydroxyl groups is 1. The summed E-state index contributed by atoms with van der Waals surface area (Å²) in [7, 11) is 0. The maximum absolute atomic E-state index is 13.0. The van der Waals surface area contributed by atoms with Crippen molar-refractivity contribution in [3.63, 3.8) is 0 Å². The minimum Gasteiger partial charge on any atom is -0.493 e. The highest BCUT2D eigenvalue weighted by Gasteiger charge is 2.34. The first kappa shape index (κ1) is 15.1. The van der Waals surface area contributed by atoms with Crippen LogP contribution in [0.5, 0.6) is 5.88 Å². The van der Waals surface area contributed by atoms with Crippen LogP contribution in [0.15, 0.2) is 52.7 Å². The Balaban J connectivity index is 2.13. The van der Waals surface area contributed by atoms with Gasteiger partial charge in [0.15, 0.2) is 5.69 Å². The van der Waals surface area contributed by atoms with Gasteiger partial charge in [0.05, 0.1) is 16.8 Å². The number of benzene rings is 2. The van der Waals surface area contributed by atoms with Crippen LogP contribution in [0.3, 0.4) is 0 Å². The van der Waals surface area contributed by atoms with Crippen LogP contribution in [0.2, 0.25) is 0 Å². The van der Waals surface area contributed by atoms with Crippen molar-refractivity contribution in [2.45, 2.75) is 13.1 Å². The molecule has 0 amide bonds. The Kier molecular flexibility index (Phi) is 3.55. The number of nitrogens with one attached hydrogen (secondary N) is 1. The molecule has 0 saturated heterocycles. The topological polar surface area (TPSA) is 60.7 Å². The molecule has 7 heteroatoms. The van der Waals surface area contributed by atoms with Gasteiger partial charge in [-0.25, -0.2) is 0 Å². The van der Waals surface area contributed by atoms with Crippen LogP contribution in [0, 0.1) is 6.92 Å². The zero-order valence-corrected chi connectivity index (χ0v) is 12.0. The first-order valence-electron chi connectivity index (χ1n) is 6.76. The second-order valence-corrected chi connectivity index (χ2v) is 5.03. The molecule has 23 heavy (non-hydrogen) atoms. The van der Waals surface area contributed by atoms with Gasteiger partial charge in [-0.1, -0.05) is 30.3 Å². The summed E-state index contributed by atoms with van der Waals surface area (Å²) in [4.78, 5) is 2.33. The molecule has 0 aliphatic heterocycles. The highest BCUT2D eigenvalue weighted by molar-refractivity contribution is 5.96. The first-order chi connectivity index (χ1) is 10.9. The predicted molar refractivity (Wildman–Crippen MR) is 80.3 cm³/mol. The molecule has 0 aliphatic rings. The number of aromatic amines is 1. The van der Waals surface area contributed by atoms with Gasteiger partial charge >= 0.3 is 6.18 Å². The predicted octanol–water partition coefficient (Wildman–Crippen LogP) is 5.62. The van der Waals surface area contributed by atoms with E-state index < -0.39 is 17.6 Å². The van der Waals surface area contributed by atoms with Gasteiger partial charge in [0.25, 0.3) is 0 Å². The molecule has 0 aliphatic carbocycles. The van der Waals surface area contributed by atoms with E-state index in [0.29, 0.717) is 5.69 Å². The molecule has 2 N–H and O–H groups in total. The number of halogens is 3. The third-order valence-electron chi connectivity index (χ3n) is 3.47. The summed E-state index contributed by atoms with van der Waals surface area (Å²) in [5.74, 6) is -0.450. The molecule has 4 nitrogen and oxygen atoms in total. The van der Waals surface area contributed by atoms with Gasteiger partial charge in [-0.3, -0.25) is 0 Å². The van der Waals surface area contributed by atoms with Gasteiger partial charge in [0.1, 0.15) is 0 Å². The molecule has 0 unspecified atom stereocenters. The number of H-pyrrole nitrogens is 1. The lowest BCUT2D eigenvalue weighted by Crippen LogP contribution is -2.05. The molecular weight excluding hydrogens is 307 g/mol. The molecule has 0 radical (unpaired) electrons. The van der Waals surface area contributed by atoms with Crippen LogP contribution in [0.25, 0.3) is 10.9 Å². The molecule has 0 atom stereocenters. The molecule has 0 spiro atoms. The fourth-order valence-corrected chi connectivity index (χ4v) is 2.31. The van der Waals surface area contributed by atoms with Crippen molar-refractivity contribution in [1.29, 1.82) is 0 Å². The van der Waals surface area contributed by atoms with Gasteiger partial charge in [-0.15, -0.1) is 5.11 Å². The maximum atomic E-state index is 13.0. The number of fused-ring (bicyclic) bond motifs is 1. The minimum atomic E-state index is -4.53. The van der Waals surface area contributed by atoms with E-state index in [1.165, 1.54) is 12.1 Å². The number of azo groups is 1. The summed E-state index contributed by atoms with van der Waals surface area (Å²) >= 11 is 0. The van der Waals surface area contributed by atoms with E-state index in [1.807, 2.05) is 19.1 Å². The second-order valence-electron chi connectivity index (χ2n) is 5.03. The van der Waals surface area contributed by atoms with Gasteiger partial charge in [0, 0.05) is 5.39 Å². The standard InChI is InChI=1S/C16H12F3N3O/c1-9-5-2-3-8-12(9)21-22-14-10-6-4-7-11(16(17,18)19)13(10)20-15(14)23/h2-8,20,23H,1H3. The van der Waals surface area contributed by atoms with Crippen LogP contribution < -0.4 is 0 Å². The Morgan fingerprint density at radius 3 is 2.43 bits per heavy atom. The van der Waals surface area contributed by atoms with Crippen LogP contribution in [0.1, 0.15) is 11.1 Å². The lowest BCUT2D eigenvalue weighted by atomic mass is 10.1. The summed E-state index contributed by atoms with van der Waals surface area (Å²) in [5, 5.41) is 18.0. The number of rotatable bonds is 2. The van der Waals surface area contributed by atoms with Crippen molar-refractivity contribution in [3.8, 4) is 5.88 Å². The summed E-state index contributed by atoms with van der Waals surface area (Å²) in [6, 6.07) is 10.8. The first-order valence-corrected chi connectivity index (χ1v) is 6.76. The SMILES string of the molecule is Cc1ccccc1N=Nc1c(O)[nH]c2c(C(F)(F)F)cccc12. The highest BCUT2D eigenvalue weighted by atomic mass is 19.4.